The van der Waals surface area contributed by atoms with Gasteiger partial charge in [0.2, 0.25) is 0 Å². The van der Waals surface area contributed by atoms with E-state index < -0.39 is 0 Å². The second kappa shape index (κ2) is 5.03. The van der Waals surface area contributed by atoms with Crippen LogP contribution >= 0.6 is 27.3 Å². The molecule has 2 heterocycles. The molecule has 0 bridgehead atoms. The quantitative estimate of drug-likeness (QED) is 0.855. The van der Waals surface area contributed by atoms with Crippen molar-refractivity contribution in [1.29, 1.82) is 0 Å². The maximum atomic E-state index is 6.06. The van der Waals surface area contributed by atoms with E-state index in [2.05, 4.69) is 44.4 Å². The Kier molecular flexibility index (Phi) is 3.41. The Labute approximate surface area is 120 Å². The molecule has 0 saturated heterocycles. The second-order valence-electron chi connectivity index (χ2n) is 4.67. The standard InChI is InChI=1S/C14H15BrN2S/c15-12-2-1-10(13(16)7-12)8-17-5-3-14-11(9-17)4-6-18-14/h1-2,4,6-7H,3,5,8-9,16H2. The molecule has 0 fully saturated rings. The number of hydrogen-bond donors (Lipinski definition) is 1. The number of halogens is 1. The Bertz CT molecular complexity index is 565. The molecule has 1 aliphatic heterocycles. The first-order valence-electron chi connectivity index (χ1n) is 6.04. The lowest BCUT2D eigenvalue weighted by atomic mass is 10.1. The van der Waals surface area contributed by atoms with Gasteiger partial charge < -0.3 is 5.73 Å². The normalized spacial score (nSPS) is 15.6. The minimum Gasteiger partial charge on any atom is -0.398 e. The summed E-state index contributed by atoms with van der Waals surface area (Å²) in [6.07, 6.45) is 1.17. The zero-order valence-electron chi connectivity index (χ0n) is 10.0. The largest absolute Gasteiger partial charge is 0.398 e. The van der Waals surface area contributed by atoms with E-state index >= 15 is 0 Å². The van der Waals surface area contributed by atoms with Gasteiger partial charge >= 0.3 is 0 Å². The Balaban J connectivity index is 1.74. The van der Waals surface area contributed by atoms with Crippen LogP contribution in [0.3, 0.4) is 0 Å². The molecule has 0 unspecified atom stereocenters. The van der Waals surface area contributed by atoms with Crippen molar-refractivity contribution in [3.8, 4) is 0 Å². The van der Waals surface area contributed by atoms with Gasteiger partial charge in [-0.2, -0.15) is 0 Å². The molecule has 94 valence electrons. The lowest BCUT2D eigenvalue weighted by molar-refractivity contribution is 0.248. The predicted octanol–water partition coefficient (Wildman–Crippen LogP) is 3.65. The fourth-order valence-electron chi connectivity index (χ4n) is 2.39. The van der Waals surface area contributed by atoms with Gasteiger partial charge in [-0.25, -0.2) is 0 Å². The molecule has 0 atom stereocenters. The number of nitrogens with zero attached hydrogens (tertiary/aromatic N) is 1. The second-order valence-corrected chi connectivity index (χ2v) is 6.59. The lowest BCUT2D eigenvalue weighted by Crippen LogP contribution is -2.29. The third-order valence-electron chi connectivity index (χ3n) is 3.39. The minimum absolute atomic E-state index is 0.875. The highest BCUT2D eigenvalue weighted by molar-refractivity contribution is 9.10. The number of hydrogen-bond acceptors (Lipinski definition) is 3. The molecule has 1 aliphatic rings. The molecule has 0 spiro atoms. The number of fused-ring (bicyclic) bond motifs is 1. The van der Waals surface area contributed by atoms with Crippen LogP contribution < -0.4 is 5.73 Å². The maximum absolute atomic E-state index is 6.06. The van der Waals surface area contributed by atoms with Crippen LogP contribution in [-0.2, 0) is 19.5 Å². The van der Waals surface area contributed by atoms with Crippen molar-refractivity contribution in [3.63, 3.8) is 0 Å². The Morgan fingerprint density at radius 2 is 2.22 bits per heavy atom. The molecule has 0 radical (unpaired) electrons. The zero-order valence-corrected chi connectivity index (χ0v) is 12.4. The fraction of sp³-hybridized carbons (Fsp3) is 0.286. The van der Waals surface area contributed by atoms with Crippen LogP contribution in [0.5, 0.6) is 0 Å². The molecule has 0 saturated carbocycles. The summed E-state index contributed by atoms with van der Waals surface area (Å²) >= 11 is 5.33. The van der Waals surface area contributed by atoms with Crippen LogP contribution in [0.15, 0.2) is 34.1 Å². The fourth-order valence-corrected chi connectivity index (χ4v) is 3.66. The highest BCUT2D eigenvalue weighted by Gasteiger charge is 2.17. The van der Waals surface area contributed by atoms with Gasteiger partial charge in [-0.05, 0) is 41.1 Å². The van der Waals surface area contributed by atoms with Crippen LogP contribution in [0.4, 0.5) is 5.69 Å². The highest BCUT2D eigenvalue weighted by atomic mass is 79.9. The number of anilines is 1. The predicted molar refractivity (Wildman–Crippen MR) is 80.7 cm³/mol. The van der Waals surface area contributed by atoms with Gasteiger partial charge in [0.15, 0.2) is 0 Å². The SMILES string of the molecule is Nc1cc(Br)ccc1CN1CCc2sccc2C1. The van der Waals surface area contributed by atoms with Crippen LogP contribution in [0.2, 0.25) is 0 Å². The summed E-state index contributed by atoms with van der Waals surface area (Å²) in [6, 6.07) is 8.40. The Morgan fingerprint density at radius 1 is 1.33 bits per heavy atom. The highest BCUT2D eigenvalue weighted by Crippen LogP contribution is 2.26. The van der Waals surface area contributed by atoms with Crippen molar-refractivity contribution in [2.75, 3.05) is 12.3 Å². The van der Waals surface area contributed by atoms with Gasteiger partial charge in [0.05, 0.1) is 0 Å². The number of nitrogens with two attached hydrogens (primary N) is 1. The molecule has 2 aromatic rings. The first-order valence-corrected chi connectivity index (χ1v) is 7.71. The van der Waals surface area contributed by atoms with Crippen molar-refractivity contribution in [3.05, 3.63) is 50.1 Å². The van der Waals surface area contributed by atoms with E-state index in [-0.39, 0.29) is 0 Å². The summed E-state index contributed by atoms with van der Waals surface area (Å²) in [6.45, 7) is 3.12. The molecule has 1 aromatic heterocycles. The third kappa shape index (κ3) is 2.46. The summed E-state index contributed by atoms with van der Waals surface area (Å²) in [7, 11) is 0. The van der Waals surface area contributed by atoms with E-state index in [0.717, 1.165) is 29.8 Å². The molecule has 0 amide bonds. The summed E-state index contributed by atoms with van der Waals surface area (Å²) in [5.74, 6) is 0. The molecule has 2 N–H and O–H groups in total. The van der Waals surface area contributed by atoms with Gasteiger partial charge in [-0.1, -0.05) is 22.0 Å². The molecule has 18 heavy (non-hydrogen) atoms. The van der Waals surface area contributed by atoms with E-state index in [1.165, 1.54) is 17.5 Å². The summed E-state index contributed by atoms with van der Waals surface area (Å²) in [5.41, 5.74) is 9.64. The lowest BCUT2D eigenvalue weighted by Gasteiger charge is -2.27. The van der Waals surface area contributed by atoms with Gasteiger partial charge in [-0.3, -0.25) is 4.90 Å². The van der Waals surface area contributed by atoms with Gasteiger partial charge in [0.25, 0.3) is 0 Å². The van der Waals surface area contributed by atoms with Gasteiger partial charge in [-0.15, -0.1) is 11.3 Å². The maximum Gasteiger partial charge on any atom is 0.0371 e. The van der Waals surface area contributed by atoms with Crippen LogP contribution in [-0.4, -0.2) is 11.4 Å². The van der Waals surface area contributed by atoms with Crippen molar-refractivity contribution in [1.82, 2.24) is 4.90 Å². The number of nitrogen functional groups attached to an aromatic ring is 1. The van der Waals surface area contributed by atoms with E-state index in [9.17, 15) is 0 Å². The van der Waals surface area contributed by atoms with Gasteiger partial charge in [0, 0.05) is 34.7 Å². The molecule has 2 nitrogen and oxygen atoms in total. The average Bonchev–Trinajstić information content (AvgIpc) is 2.80. The monoisotopic (exact) mass is 322 g/mol. The molecular formula is C14H15BrN2S. The van der Waals surface area contributed by atoms with Crippen LogP contribution in [0, 0.1) is 0 Å². The zero-order chi connectivity index (χ0) is 12.5. The van der Waals surface area contributed by atoms with E-state index in [4.69, 9.17) is 5.73 Å². The number of thiophene rings is 1. The van der Waals surface area contributed by atoms with Crippen LogP contribution in [0.1, 0.15) is 16.0 Å². The first-order chi connectivity index (χ1) is 8.72. The molecule has 3 rings (SSSR count). The summed E-state index contributed by atoms with van der Waals surface area (Å²) in [4.78, 5) is 4.02. The third-order valence-corrected chi connectivity index (χ3v) is 4.90. The minimum atomic E-state index is 0.875. The Morgan fingerprint density at radius 3 is 3.06 bits per heavy atom. The van der Waals surface area contributed by atoms with E-state index in [0.29, 0.717) is 0 Å². The number of rotatable bonds is 2. The molecule has 0 aliphatic carbocycles. The molecule has 4 heteroatoms. The molecule has 1 aromatic carbocycles. The topological polar surface area (TPSA) is 29.3 Å². The van der Waals surface area contributed by atoms with Crippen molar-refractivity contribution < 1.29 is 0 Å². The molecular weight excluding hydrogens is 308 g/mol. The summed E-state index contributed by atoms with van der Waals surface area (Å²) < 4.78 is 1.04. The van der Waals surface area contributed by atoms with E-state index in [1.807, 2.05) is 17.4 Å². The van der Waals surface area contributed by atoms with Gasteiger partial charge in [0.1, 0.15) is 0 Å². The van der Waals surface area contributed by atoms with E-state index in [1.54, 1.807) is 4.88 Å². The Hall–Kier alpha value is -0.840. The first kappa shape index (κ1) is 12.2. The van der Waals surface area contributed by atoms with Crippen molar-refractivity contribution >= 4 is 33.0 Å². The smallest absolute Gasteiger partial charge is 0.0371 e. The van der Waals surface area contributed by atoms with Crippen molar-refractivity contribution in [2.24, 2.45) is 0 Å². The number of benzene rings is 1. The average molecular weight is 323 g/mol. The van der Waals surface area contributed by atoms with Crippen LogP contribution in [0.25, 0.3) is 0 Å². The van der Waals surface area contributed by atoms with Crippen molar-refractivity contribution in [2.45, 2.75) is 19.5 Å². The summed E-state index contributed by atoms with van der Waals surface area (Å²) in [5, 5.41) is 2.20.